The molecule has 1 saturated carbocycles. The van der Waals surface area contributed by atoms with Crippen molar-refractivity contribution in [2.75, 3.05) is 13.1 Å². The molecule has 1 aliphatic carbocycles. The van der Waals surface area contributed by atoms with Gasteiger partial charge in [0.15, 0.2) is 0 Å². The van der Waals surface area contributed by atoms with Crippen LogP contribution in [0.4, 0.5) is 0 Å². The van der Waals surface area contributed by atoms with E-state index in [0.29, 0.717) is 12.0 Å². The van der Waals surface area contributed by atoms with E-state index >= 15 is 0 Å². The molecule has 2 fully saturated rings. The molecule has 1 saturated heterocycles. The molecule has 0 aromatic heterocycles. The van der Waals surface area contributed by atoms with Crippen LogP contribution in [0.5, 0.6) is 0 Å². The van der Waals surface area contributed by atoms with E-state index in [-0.39, 0.29) is 0 Å². The van der Waals surface area contributed by atoms with Crippen LogP contribution in [0, 0.1) is 23.2 Å². The Balaban J connectivity index is 2.01. The van der Waals surface area contributed by atoms with Crippen molar-refractivity contribution in [3.8, 4) is 6.07 Å². The number of hydrogen-bond acceptors (Lipinski definition) is 2. The van der Waals surface area contributed by atoms with Gasteiger partial charge in [0, 0.05) is 6.04 Å². The Morgan fingerprint density at radius 2 is 1.93 bits per heavy atom. The minimum atomic E-state index is 0.310. The van der Waals surface area contributed by atoms with Crippen molar-refractivity contribution in [1.82, 2.24) is 4.90 Å². The van der Waals surface area contributed by atoms with Crippen LogP contribution in [-0.2, 0) is 0 Å². The number of rotatable bonds is 1. The van der Waals surface area contributed by atoms with Gasteiger partial charge < -0.3 is 0 Å². The number of nitriles is 1. The third-order valence-corrected chi connectivity index (χ3v) is 3.85. The highest BCUT2D eigenvalue weighted by Gasteiger charge is 2.33. The summed E-state index contributed by atoms with van der Waals surface area (Å²) in [4.78, 5) is 2.56. The van der Waals surface area contributed by atoms with Crippen LogP contribution in [0.1, 0.15) is 39.0 Å². The van der Waals surface area contributed by atoms with Crippen LogP contribution in [0.2, 0.25) is 0 Å². The van der Waals surface area contributed by atoms with E-state index in [9.17, 15) is 0 Å². The van der Waals surface area contributed by atoms with Crippen LogP contribution < -0.4 is 0 Å². The van der Waals surface area contributed by atoms with Crippen molar-refractivity contribution in [1.29, 1.82) is 5.26 Å². The van der Waals surface area contributed by atoms with E-state index in [1.165, 1.54) is 38.8 Å². The SMILES string of the molecule is CC1CCC(C#N)C(N2CCCC2)C1. The second-order valence-corrected chi connectivity index (χ2v) is 4.96. The maximum Gasteiger partial charge on any atom is 0.0672 e. The molecule has 14 heavy (non-hydrogen) atoms. The molecule has 1 aliphatic heterocycles. The van der Waals surface area contributed by atoms with Gasteiger partial charge in [-0.3, -0.25) is 4.90 Å². The monoisotopic (exact) mass is 192 g/mol. The van der Waals surface area contributed by atoms with Crippen LogP contribution in [0.3, 0.4) is 0 Å². The molecule has 78 valence electrons. The lowest BCUT2D eigenvalue weighted by Gasteiger charge is -2.37. The Bertz CT molecular complexity index is 225. The predicted molar refractivity (Wildman–Crippen MR) is 56.7 cm³/mol. The van der Waals surface area contributed by atoms with Crippen molar-refractivity contribution in [3.63, 3.8) is 0 Å². The van der Waals surface area contributed by atoms with E-state index < -0.39 is 0 Å². The Labute approximate surface area is 86.9 Å². The van der Waals surface area contributed by atoms with Gasteiger partial charge in [-0.05, 0) is 51.1 Å². The standard InChI is InChI=1S/C12H20N2/c1-10-4-5-11(9-13)12(8-10)14-6-2-3-7-14/h10-12H,2-8H2,1H3. The predicted octanol–water partition coefficient (Wildman–Crippen LogP) is 2.41. The highest BCUT2D eigenvalue weighted by Crippen LogP contribution is 2.33. The van der Waals surface area contributed by atoms with E-state index in [0.717, 1.165) is 12.3 Å². The zero-order valence-corrected chi connectivity index (χ0v) is 9.08. The first kappa shape index (κ1) is 9.98. The first-order chi connectivity index (χ1) is 6.81. The molecule has 3 unspecified atom stereocenters. The Hall–Kier alpha value is -0.550. The summed E-state index contributed by atoms with van der Waals surface area (Å²) >= 11 is 0. The first-order valence-corrected chi connectivity index (χ1v) is 5.95. The summed E-state index contributed by atoms with van der Waals surface area (Å²) < 4.78 is 0. The summed E-state index contributed by atoms with van der Waals surface area (Å²) in [6.07, 6.45) is 6.30. The summed E-state index contributed by atoms with van der Waals surface area (Å²) in [5.41, 5.74) is 0. The average molecular weight is 192 g/mol. The third kappa shape index (κ3) is 1.93. The first-order valence-electron chi connectivity index (χ1n) is 5.95. The molecule has 0 aromatic carbocycles. The molecule has 0 bridgehead atoms. The van der Waals surface area contributed by atoms with Gasteiger partial charge in [0.05, 0.1) is 12.0 Å². The van der Waals surface area contributed by atoms with E-state index in [4.69, 9.17) is 5.26 Å². The van der Waals surface area contributed by atoms with Crippen molar-refractivity contribution in [3.05, 3.63) is 0 Å². The second-order valence-electron chi connectivity index (χ2n) is 4.96. The lowest BCUT2D eigenvalue weighted by atomic mass is 9.79. The normalized spacial score (nSPS) is 39.6. The topological polar surface area (TPSA) is 27.0 Å². The van der Waals surface area contributed by atoms with Gasteiger partial charge >= 0.3 is 0 Å². The van der Waals surface area contributed by atoms with Crippen molar-refractivity contribution in [2.24, 2.45) is 11.8 Å². The van der Waals surface area contributed by atoms with Gasteiger partial charge in [-0.25, -0.2) is 0 Å². The van der Waals surface area contributed by atoms with Gasteiger partial charge in [0.1, 0.15) is 0 Å². The van der Waals surface area contributed by atoms with Gasteiger partial charge in [-0.1, -0.05) is 6.92 Å². The molecule has 2 heteroatoms. The summed E-state index contributed by atoms with van der Waals surface area (Å²) in [5, 5.41) is 9.13. The van der Waals surface area contributed by atoms with E-state index in [1.54, 1.807) is 0 Å². The molecule has 1 heterocycles. The highest BCUT2D eigenvalue weighted by molar-refractivity contribution is 4.97. The van der Waals surface area contributed by atoms with Crippen LogP contribution in [0.15, 0.2) is 0 Å². The van der Waals surface area contributed by atoms with Gasteiger partial charge in [-0.15, -0.1) is 0 Å². The lowest BCUT2D eigenvalue weighted by Crippen LogP contribution is -2.42. The minimum absolute atomic E-state index is 0.310. The fourth-order valence-electron chi connectivity index (χ4n) is 2.98. The van der Waals surface area contributed by atoms with Gasteiger partial charge in [0.2, 0.25) is 0 Å². The Morgan fingerprint density at radius 3 is 2.57 bits per heavy atom. The van der Waals surface area contributed by atoms with Gasteiger partial charge in [0.25, 0.3) is 0 Å². The molecule has 2 nitrogen and oxygen atoms in total. The Kier molecular flexibility index (Phi) is 3.08. The van der Waals surface area contributed by atoms with Crippen LogP contribution in [-0.4, -0.2) is 24.0 Å². The summed E-state index contributed by atoms with van der Waals surface area (Å²) in [6, 6.07) is 3.08. The molecule has 0 radical (unpaired) electrons. The Morgan fingerprint density at radius 1 is 1.21 bits per heavy atom. The quantitative estimate of drug-likeness (QED) is 0.638. The van der Waals surface area contributed by atoms with Crippen LogP contribution in [0.25, 0.3) is 0 Å². The second kappa shape index (κ2) is 4.31. The smallest absolute Gasteiger partial charge is 0.0672 e. The molecule has 0 N–H and O–H groups in total. The van der Waals surface area contributed by atoms with Crippen molar-refractivity contribution >= 4 is 0 Å². The van der Waals surface area contributed by atoms with Gasteiger partial charge in [-0.2, -0.15) is 5.26 Å². The zero-order valence-electron chi connectivity index (χ0n) is 9.08. The summed E-state index contributed by atoms with van der Waals surface area (Å²) in [5.74, 6) is 1.13. The van der Waals surface area contributed by atoms with Crippen molar-refractivity contribution in [2.45, 2.75) is 45.1 Å². The molecule has 0 amide bonds. The maximum atomic E-state index is 9.13. The molecular weight excluding hydrogens is 172 g/mol. The fraction of sp³-hybridized carbons (Fsp3) is 0.917. The highest BCUT2D eigenvalue weighted by atomic mass is 15.2. The number of nitrogens with zero attached hydrogens (tertiary/aromatic N) is 2. The number of likely N-dealkylation sites (tertiary alicyclic amines) is 1. The molecule has 2 rings (SSSR count). The molecular formula is C12H20N2. The average Bonchev–Trinajstić information content (AvgIpc) is 2.70. The largest absolute Gasteiger partial charge is 0.299 e. The fourth-order valence-corrected chi connectivity index (χ4v) is 2.98. The molecule has 0 aromatic rings. The summed E-state index contributed by atoms with van der Waals surface area (Å²) in [6.45, 7) is 4.79. The van der Waals surface area contributed by atoms with E-state index in [2.05, 4.69) is 17.9 Å². The number of hydrogen-bond donors (Lipinski definition) is 0. The van der Waals surface area contributed by atoms with Crippen molar-refractivity contribution < 1.29 is 0 Å². The molecule has 0 spiro atoms. The molecule has 2 aliphatic rings. The zero-order chi connectivity index (χ0) is 9.97. The lowest BCUT2D eigenvalue weighted by molar-refractivity contribution is 0.130. The molecule has 3 atom stereocenters. The van der Waals surface area contributed by atoms with E-state index in [1.807, 2.05) is 0 Å². The maximum absolute atomic E-state index is 9.13. The summed E-state index contributed by atoms with van der Waals surface area (Å²) in [7, 11) is 0. The third-order valence-electron chi connectivity index (χ3n) is 3.85. The van der Waals surface area contributed by atoms with Crippen LogP contribution >= 0.6 is 0 Å². The minimum Gasteiger partial charge on any atom is -0.299 e.